The fourth-order valence-electron chi connectivity index (χ4n) is 3.78. The Morgan fingerprint density at radius 1 is 1.07 bits per heavy atom. The number of benzene rings is 3. The molecule has 2 aliphatic rings. The van der Waals surface area contributed by atoms with E-state index in [9.17, 15) is 4.39 Å². The second kappa shape index (κ2) is 7.10. The Kier molecular flexibility index (Phi) is 4.42. The Bertz CT molecular complexity index is 1100. The van der Waals surface area contributed by atoms with Crippen LogP contribution in [-0.4, -0.2) is 12.1 Å². The fourth-order valence-corrected chi connectivity index (χ4v) is 3.96. The number of nitrogens with zero attached hydrogens (tertiary/aromatic N) is 1. The van der Waals surface area contributed by atoms with E-state index in [1.165, 1.54) is 12.1 Å². The molecule has 0 spiro atoms. The molecular formula is C23H18ClFN2O2. The number of ether oxygens (including phenoxy) is 2. The van der Waals surface area contributed by atoms with E-state index in [0.717, 1.165) is 33.9 Å². The summed E-state index contributed by atoms with van der Waals surface area (Å²) in [6.45, 7) is 0. The molecule has 146 valence electrons. The van der Waals surface area contributed by atoms with Gasteiger partial charge in [0, 0.05) is 16.1 Å². The highest BCUT2D eigenvalue weighted by Crippen LogP contribution is 2.46. The van der Waals surface area contributed by atoms with Crippen LogP contribution in [0.15, 0.2) is 72.8 Å². The first-order chi connectivity index (χ1) is 14.1. The van der Waals surface area contributed by atoms with Gasteiger partial charge in [-0.25, -0.2) is 4.39 Å². The zero-order chi connectivity index (χ0) is 20.0. The van der Waals surface area contributed by atoms with E-state index in [-0.39, 0.29) is 18.1 Å². The summed E-state index contributed by atoms with van der Waals surface area (Å²) >= 11 is 6.26. The van der Waals surface area contributed by atoms with E-state index in [2.05, 4.69) is 11.5 Å². The Labute approximate surface area is 173 Å². The summed E-state index contributed by atoms with van der Waals surface area (Å²) in [6, 6.07) is 19.8. The molecule has 0 aromatic heterocycles. The fraction of sp³-hybridized carbons (Fsp3) is 0.130. The minimum Gasteiger partial charge on any atom is -0.497 e. The predicted octanol–water partition coefficient (Wildman–Crippen LogP) is 5.48. The van der Waals surface area contributed by atoms with E-state index in [1.54, 1.807) is 19.2 Å². The summed E-state index contributed by atoms with van der Waals surface area (Å²) in [4.78, 5) is 0. The van der Waals surface area contributed by atoms with Crippen LogP contribution in [0.4, 0.5) is 4.39 Å². The molecule has 0 radical (unpaired) electrons. The molecule has 3 aromatic rings. The van der Waals surface area contributed by atoms with Crippen LogP contribution in [0, 0.1) is 5.82 Å². The van der Waals surface area contributed by atoms with Gasteiger partial charge < -0.3 is 14.9 Å². The van der Waals surface area contributed by atoms with Crippen LogP contribution < -0.4 is 14.9 Å². The molecule has 5 rings (SSSR count). The second-order valence-corrected chi connectivity index (χ2v) is 7.42. The highest BCUT2D eigenvalue weighted by atomic mass is 35.5. The molecule has 1 N–H and O–H groups in total. The normalized spacial score (nSPS) is 20.2. The SMILES string of the molecule is COc1cccc([C@@H]2Oc3ccc(Cl)cc3[C@H]3C=C(c4ccc(F)cc4)NN32)c1. The molecule has 2 atom stereocenters. The number of hydrazine groups is 1. The average Bonchev–Trinajstić information content (AvgIpc) is 3.19. The summed E-state index contributed by atoms with van der Waals surface area (Å²) in [5.41, 5.74) is 7.15. The van der Waals surface area contributed by atoms with E-state index in [0.29, 0.717) is 5.02 Å². The molecule has 0 unspecified atom stereocenters. The molecule has 0 saturated carbocycles. The van der Waals surface area contributed by atoms with Crippen LogP contribution >= 0.6 is 11.6 Å². The van der Waals surface area contributed by atoms with E-state index >= 15 is 0 Å². The first-order valence-electron chi connectivity index (χ1n) is 9.25. The van der Waals surface area contributed by atoms with Crippen molar-refractivity contribution in [1.29, 1.82) is 0 Å². The summed E-state index contributed by atoms with van der Waals surface area (Å²) in [5.74, 6) is 1.28. The number of halogens is 2. The molecule has 0 aliphatic carbocycles. The van der Waals surface area contributed by atoms with Gasteiger partial charge in [-0.05, 0) is 66.2 Å². The zero-order valence-electron chi connectivity index (χ0n) is 15.6. The Hall–Kier alpha value is -3.02. The number of fused-ring (bicyclic) bond motifs is 3. The van der Waals surface area contributed by atoms with Gasteiger partial charge >= 0.3 is 0 Å². The van der Waals surface area contributed by atoms with E-state index in [1.807, 2.05) is 47.5 Å². The van der Waals surface area contributed by atoms with Gasteiger partial charge in [0.25, 0.3) is 0 Å². The highest BCUT2D eigenvalue weighted by molar-refractivity contribution is 6.30. The van der Waals surface area contributed by atoms with Gasteiger partial charge in [-0.1, -0.05) is 23.7 Å². The van der Waals surface area contributed by atoms with Crippen LogP contribution in [0.1, 0.15) is 29.0 Å². The molecule has 0 fully saturated rings. The lowest BCUT2D eigenvalue weighted by Gasteiger charge is -2.39. The molecule has 2 heterocycles. The van der Waals surface area contributed by atoms with Gasteiger partial charge in [-0.2, -0.15) is 5.01 Å². The molecule has 29 heavy (non-hydrogen) atoms. The lowest BCUT2D eigenvalue weighted by atomic mass is 10.0. The van der Waals surface area contributed by atoms with Crippen LogP contribution in [0.3, 0.4) is 0 Å². The smallest absolute Gasteiger partial charge is 0.196 e. The van der Waals surface area contributed by atoms with Crippen molar-refractivity contribution in [3.63, 3.8) is 0 Å². The van der Waals surface area contributed by atoms with Gasteiger partial charge in [0.15, 0.2) is 6.23 Å². The van der Waals surface area contributed by atoms with Crippen LogP contribution in [0.25, 0.3) is 5.70 Å². The first kappa shape index (κ1) is 18.0. The topological polar surface area (TPSA) is 33.7 Å². The minimum atomic E-state index is -0.377. The average molecular weight is 409 g/mol. The molecule has 4 nitrogen and oxygen atoms in total. The van der Waals surface area contributed by atoms with Crippen LogP contribution in [0.2, 0.25) is 5.02 Å². The summed E-state index contributed by atoms with van der Waals surface area (Å²) < 4.78 is 25.1. The van der Waals surface area contributed by atoms with Crippen molar-refractivity contribution in [2.24, 2.45) is 0 Å². The molecule has 0 amide bonds. The summed E-state index contributed by atoms with van der Waals surface area (Å²) in [5, 5.41) is 2.68. The van der Waals surface area contributed by atoms with Crippen molar-refractivity contribution in [2.75, 3.05) is 7.11 Å². The maximum absolute atomic E-state index is 13.4. The van der Waals surface area contributed by atoms with Gasteiger partial charge in [-0.15, -0.1) is 0 Å². The number of rotatable bonds is 3. The molecule has 0 bridgehead atoms. The standard InChI is InChI=1S/C23H18ClFN2O2/c1-28-18-4-2-3-15(11-18)23-27-21(19-12-16(24)7-10-22(19)29-23)13-20(26-27)14-5-8-17(25)9-6-14/h2-13,21,23,26H,1H3/t21-,23+/m1/s1. The Balaban J connectivity index is 1.59. The van der Waals surface area contributed by atoms with E-state index in [4.69, 9.17) is 21.1 Å². The maximum Gasteiger partial charge on any atom is 0.196 e. The molecule has 6 heteroatoms. The molecule has 0 saturated heterocycles. The number of nitrogens with one attached hydrogen (secondary N) is 1. The third-order valence-electron chi connectivity index (χ3n) is 5.19. The monoisotopic (exact) mass is 408 g/mol. The summed E-state index contributed by atoms with van der Waals surface area (Å²) in [7, 11) is 1.64. The van der Waals surface area contributed by atoms with Gasteiger partial charge in [-0.3, -0.25) is 0 Å². The number of hydrogen-bond acceptors (Lipinski definition) is 4. The van der Waals surface area contributed by atoms with Gasteiger partial charge in [0.05, 0.1) is 18.8 Å². The lowest BCUT2D eigenvalue weighted by molar-refractivity contribution is -0.0327. The van der Waals surface area contributed by atoms with Gasteiger partial charge in [0.1, 0.15) is 17.3 Å². The van der Waals surface area contributed by atoms with Gasteiger partial charge in [0.2, 0.25) is 0 Å². The second-order valence-electron chi connectivity index (χ2n) is 6.98. The van der Waals surface area contributed by atoms with Crippen LogP contribution in [-0.2, 0) is 0 Å². The zero-order valence-corrected chi connectivity index (χ0v) is 16.4. The number of hydrogen-bond donors (Lipinski definition) is 1. The maximum atomic E-state index is 13.4. The van der Waals surface area contributed by atoms with Crippen molar-refractivity contribution in [3.05, 3.63) is 100 Å². The van der Waals surface area contributed by atoms with Crippen molar-refractivity contribution < 1.29 is 13.9 Å². The molecular weight excluding hydrogens is 391 g/mol. The Morgan fingerprint density at radius 2 is 1.90 bits per heavy atom. The first-order valence-corrected chi connectivity index (χ1v) is 9.63. The molecule has 3 aromatic carbocycles. The van der Waals surface area contributed by atoms with E-state index < -0.39 is 0 Å². The Morgan fingerprint density at radius 3 is 2.69 bits per heavy atom. The lowest BCUT2D eigenvalue weighted by Crippen LogP contribution is -2.43. The predicted molar refractivity (Wildman–Crippen MR) is 110 cm³/mol. The third-order valence-corrected chi connectivity index (χ3v) is 5.42. The molecule has 2 aliphatic heterocycles. The van der Waals surface area contributed by atoms with Crippen LogP contribution in [0.5, 0.6) is 11.5 Å². The number of methoxy groups -OCH3 is 1. The summed E-state index contributed by atoms with van der Waals surface area (Å²) in [6.07, 6.45) is 1.73. The largest absolute Gasteiger partial charge is 0.497 e. The van der Waals surface area contributed by atoms with Crippen molar-refractivity contribution in [2.45, 2.75) is 12.3 Å². The van der Waals surface area contributed by atoms with Crippen molar-refractivity contribution in [1.82, 2.24) is 10.4 Å². The minimum absolute atomic E-state index is 0.0892. The van der Waals surface area contributed by atoms with Crippen molar-refractivity contribution in [3.8, 4) is 11.5 Å². The highest BCUT2D eigenvalue weighted by Gasteiger charge is 2.40. The quantitative estimate of drug-likeness (QED) is 0.622. The van der Waals surface area contributed by atoms with Crippen molar-refractivity contribution >= 4 is 17.3 Å². The third kappa shape index (κ3) is 3.22.